The molecule has 0 aliphatic carbocycles. The summed E-state index contributed by atoms with van der Waals surface area (Å²) in [6.45, 7) is 3.83. The van der Waals surface area contributed by atoms with Gasteiger partial charge in [0.25, 0.3) is 11.7 Å². The van der Waals surface area contributed by atoms with Crippen LogP contribution in [0.1, 0.15) is 36.0 Å². The van der Waals surface area contributed by atoms with Crippen molar-refractivity contribution in [2.24, 2.45) is 0 Å². The Labute approximate surface area is 216 Å². The second-order valence-corrected chi connectivity index (χ2v) is 9.95. The summed E-state index contributed by atoms with van der Waals surface area (Å²) in [5.41, 5.74) is 2.09. The number of aromatic nitrogens is 1. The van der Waals surface area contributed by atoms with E-state index in [1.165, 1.54) is 0 Å². The zero-order valence-electron chi connectivity index (χ0n) is 20.4. The maximum Gasteiger partial charge on any atom is 0.295 e. The van der Waals surface area contributed by atoms with Gasteiger partial charge in [-0.05, 0) is 31.0 Å². The highest BCUT2D eigenvalue weighted by molar-refractivity contribution is 6.45. The maximum atomic E-state index is 13.4. The lowest BCUT2D eigenvalue weighted by atomic mass is 10.1. The number of likely N-dealkylation sites (tertiary alicyclic amines) is 1. The SMILES string of the molecule is O=C(C(=O)N1CCN(c2ccccc2Cl)CC1)c1cn(CC(=O)N2CCCCCC2)c2ccccc12. The number of amides is 2. The van der Waals surface area contributed by atoms with Gasteiger partial charge in [-0.3, -0.25) is 14.4 Å². The number of hydrogen-bond donors (Lipinski definition) is 0. The van der Waals surface area contributed by atoms with Crippen molar-refractivity contribution < 1.29 is 14.4 Å². The molecule has 188 valence electrons. The molecule has 8 heteroatoms. The number of carbonyl (C=O) groups excluding carboxylic acids is 3. The van der Waals surface area contributed by atoms with Crippen molar-refractivity contribution in [1.82, 2.24) is 14.4 Å². The average molecular weight is 507 g/mol. The molecular weight excluding hydrogens is 476 g/mol. The van der Waals surface area contributed by atoms with E-state index in [9.17, 15) is 14.4 Å². The number of para-hydroxylation sites is 2. The Bertz CT molecular complexity index is 1270. The molecular formula is C28H31ClN4O3. The normalized spacial score (nSPS) is 16.8. The Morgan fingerprint density at radius 2 is 1.42 bits per heavy atom. The molecule has 3 aromatic rings. The first-order valence-electron chi connectivity index (χ1n) is 12.7. The Balaban J connectivity index is 1.31. The number of fused-ring (bicyclic) bond motifs is 1. The van der Waals surface area contributed by atoms with Crippen molar-refractivity contribution in [2.75, 3.05) is 44.2 Å². The van der Waals surface area contributed by atoms with E-state index in [0.29, 0.717) is 42.2 Å². The number of rotatable bonds is 5. The lowest BCUT2D eigenvalue weighted by Gasteiger charge is -2.36. The van der Waals surface area contributed by atoms with Gasteiger partial charge < -0.3 is 19.3 Å². The number of carbonyl (C=O) groups is 3. The number of hydrogen-bond acceptors (Lipinski definition) is 4. The molecule has 1 aromatic heterocycles. The van der Waals surface area contributed by atoms with E-state index in [1.807, 2.05) is 58.0 Å². The summed E-state index contributed by atoms with van der Waals surface area (Å²) in [6, 6.07) is 15.1. The van der Waals surface area contributed by atoms with Crippen molar-refractivity contribution in [2.45, 2.75) is 32.2 Å². The van der Waals surface area contributed by atoms with E-state index in [0.717, 1.165) is 50.0 Å². The second-order valence-electron chi connectivity index (χ2n) is 9.54. The fourth-order valence-electron chi connectivity index (χ4n) is 5.24. The number of Topliss-reactive ketones (excluding diaryl/α,β-unsaturated/α-hetero) is 1. The molecule has 2 aliphatic heterocycles. The Kier molecular flexibility index (Phi) is 7.28. The largest absolute Gasteiger partial charge is 0.367 e. The maximum absolute atomic E-state index is 13.4. The quantitative estimate of drug-likeness (QED) is 0.384. The van der Waals surface area contributed by atoms with Crippen LogP contribution in [0, 0.1) is 0 Å². The highest BCUT2D eigenvalue weighted by Gasteiger charge is 2.30. The zero-order chi connectivity index (χ0) is 25.1. The number of nitrogens with zero attached hydrogens (tertiary/aromatic N) is 4. The van der Waals surface area contributed by atoms with Crippen LogP contribution < -0.4 is 4.90 Å². The van der Waals surface area contributed by atoms with Crippen molar-refractivity contribution >= 4 is 45.8 Å². The molecule has 2 aromatic carbocycles. The Morgan fingerprint density at radius 3 is 2.14 bits per heavy atom. The lowest BCUT2D eigenvalue weighted by molar-refractivity contribution is -0.131. The standard InChI is InChI=1S/C28H31ClN4O3/c29-23-10-4-6-12-25(23)30-15-17-32(18-16-30)28(36)27(35)22-19-33(24-11-5-3-9-21(22)24)20-26(34)31-13-7-1-2-8-14-31/h3-6,9-12,19H,1-2,7-8,13-18,20H2. The summed E-state index contributed by atoms with van der Waals surface area (Å²) >= 11 is 6.33. The summed E-state index contributed by atoms with van der Waals surface area (Å²) in [5, 5.41) is 1.38. The van der Waals surface area contributed by atoms with E-state index < -0.39 is 11.7 Å². The molecule has 2 aliphatic rings. The van der Waals surface area contributed by atoms with Gasteiger partial charge in [0, 0.05) is 56.4 Å². The van der Waals surface area contributed by atoms with Crippen LogP contribution in [0.15, 0.2) is 54.7 Å². The average Bonchev–Trinajstić information content (AvgIpc) is 3.06. The predicted octanol–water partition coefficient (Wildman–Crippen LogP) is 4.23. The number of anilines is 1. The van der Waals surface area contributed by atoms with Crippen LogP contribution in [-0.2, 0) is 16.1 Å². The molecule has 0 radical (unpaired) electrons. The van der Waals surface area contributed by atoms with E-state index in [4.69, 9.17) is 11.6 Å². The van der Waals surface area contributed by atoms with Crippen LogP contribution in [-0.4, -0.2) is 71.2 Å². The number of piperazine rings is 1. The van der Waals surface area contributed by atoms with Gasteiger partial charge in [-0.2, -0.15) is 0 Å². The van der Waals surface area contributed by atoms with Crippen molar-refractivity contribution in [3.05, 3.63) is 65.3 Å². The number of ketones is 1. The summed E-state index contributed by atoms with van der Waals surface area (Å²) < 4.78 is 1.82. The van der Waals surface area contributed by atoms with Gasteiger partial charge in [0.15, 0.2) is 0 Å². The summed E-state index contributed by atoms with van der Waals surface area (Å²) in [4.78, 5) is 45.3. The Morgan fingerprint density at radius 1 is 0.750 bits per heavy atom. The van der Waals surface area contributed by atoms with Gasteiger partial charge in [-0.1, -0.05) is 54.8 Å². The van der Waals surface area contributed by atoms with E-state index >= 15 is 0 Å². The monoisotopic (exact) mass is 506 g/mol. The summed E-state index contributed by atoms with van der Waals surface area (Å²) in [6.07, 6.45) is 6.05. The molecule has 2 saturated heterocycles. The van der Waals surface area contributed by atoms with Crippen LogP contribution in [0.4, 0.5) is 5.69 Å². The predicted molar refractivity (Wildman–Crippen MR) is 142 cm³/mol. The molecule has 5 rings (SSSR count). The van der Waals surface area contributed by atoms with Gasteiger partial charge in [-0.15, -0.1) is 0 Å². The van der Waals surface area contributed by atoms with Crippen LogP contribution in [0.25, 0.3) is 10.9 Å². The minimum atomic E-state index is -0.529. The molecule has 0 spiro atoms. The second kappa shape index (κ2) is 10.7. The molecule has 0 N–H and O–H groups in total. The molecule has 0 bridgehead atoms. The van der Waals surface area contributed by atoms with Crippen LogP contribution in [0.3, 0.4) is 0 Å². The van der Waals surface area contributed by atoms with Crippen molar-refractivity contribution in [3.63, 3.8) is 0 Å². The molecule has 0 unspecified atom stereocenters. The first-order chi connectivity index (χ1) is 17.5. The third kappa shape index (κ3) is 4.98. The minimum Gasteiger partial charge on any atom is -0.367 e. The molecule has 3 heterocycles. The summed E-state index contributed by atoms with van der Waals surface area (Å²) in [7, 11) is 0. The molecule has 0 saturated carbocycles. The van der Waals surface area contributed by atoms with Crippen LogP contribution in [0.5, 0.6) is 0 Å². The van der Waals surface area contributed by atoms with Gasteiger partial charge in [0.05, 0.1) is 16.3 Å². The fourth-order valence-corrected chi connectivity index (χ4v) is 5.50. The van der Waals surface area contributed by atoms with E-state index in [-0.39, 0.29) is 12.5 Å². The van der Waals surface area contributed by atoms with Crippen molar-refractivity contribution in [1.29, 1.82) is 0 Å². The highest BCUT2D eigenvalue weighted by Crippen LogP contribution is 2.27. The van der Waals surface area contributed by atoms with Gasteiger partial charge in [-0.25, -0.2) is 0 Å². The molecule has 36 heavy (non-hydrogen) atoms. The van der Waals surface area contributed by atoms with Gasteiger partial charge in [0.2, 0.25) is 5.91 Å². The third-order valence-electron chi connectivity index (χ3n) is 7.25. The Hall–Kier alpha value is -3.32. The number of benzene rings is 2. The minimum absolute atomic E-state index is 0.0543. The van der Waals surface area contributed by atoms with Crippen LogP contribution in [0.2, 0.25) is 5.02 Å². The molecule has 2 amide bonds. The van der Waals surface area contributed by atoms with E-state index in [1.54, 1.807) is 11.1 Å². The fraction of sp³-hybridized carbons (Fsp3) is 0.393. The first-order valence-corrected chi connectivity index (χ1v) is 13.1. The van der Waals surface area contributed by atoms with Gasteiger partial charge in [0.1, 0.15) is 6.54 Å². The zero-order valence-corrected chi connectivity index (χ0v) is 21.1. The first kappa shape index (κ1) is 24.4. The molecule has 0 atom stereocenters. The van der Waals surface area contributed by atoms with Gasteiger partial charge >= 0.3 is 0 Å². The number of halogens is 1. The topological polar surface area (TPSA) is 65.9 Å². The highest BCUT2D eigenvalue weighted by atomic mass is 35.5. The van der Waals surface area contributed by atoms with Crippen molar-refractivity contribution in [3.8, 4) is 0 Å². The lowest BCUT2D eigenvalue weighted by Crippen LogP contribution is -2.50. The van der Waals surface area contributed by atoms with E-state index in [2.05, 4.69) is 4.90 Å². The molecule has 2 fully saturated rings. The smallest absolute Gasteiger partial charge is 0.295 e. The molecule has 7 nitrogen and oxygen atoms in total. The van der Waals surface area contributed by atoms with Crippen LogP contribution >= 0.6 is 11.6 Å². The third-order valence-corrected chi connectivity index (χ3v) is 7.57. The summed E-state index contributed by atoms with van der Waals surface area (Å²) in [5.74, 6) is -0.979.